The highest BCUT2D eigenvalue weighted by molar-refractivity contribution is 5.78. The summed E-state index contributed by atoms with van der Waals surface area (Å²) in [6.45, 7) is 1.09. The Morgan fingerprint density at radius 3 is 2.71 bits per heavy atom. The number of halogens is 1. The number of fused-ring (bicyclic) bond motifs is 1. The third kappa shape index (κ3) is 2.88. The molecule has 4 rings (SSSR count). The number of benzene rings is 2. The van der Waals surface area contributed by atoms with Gasteiger partial charge in [-0.15, -0.1) is 0 Å². The summed E-state index contributed by atoms with van der Waals surface area (Å²) >= 11 is 0. The molecule has 0 bridgehead atoms. The second-order valence-corrected chi connectivity index (χ2v) is 6.61. The van der Waals surface area contributed by atoms with E-state index >= 15 is 0 Å². The predicted octanol–water partition coefficient (Wildman–Crippen LogP) is 3.54. The second kappa shape index (κ2) is 6.27. The van der Waals surface area contributed by atoms with Crippen molar-refractivity contribution < 1.29 is 13.9 Å². The van der Waals surface area contributed by atoms with Gasteiger partial charge in [-0.25, -0.2) is 4.39 Å². The van der Waals surface area contributed by atoms with Crippen molar-refractivity contribution in [3.8, 4) is 5.75 Å². The van der Waals surface area contributed by atoms with Gasteiger partial charge in [0, 0.05) is 6.42 Å². The molecule has 24 heavy (non-hydrogen) atoms. The monoisotopic (exact) mass is 325 g/mol. The Balaban J connectivity index is 1.30. The molecular formula is C20H20FNO2. The number of amides is 1. The molecule has 0 aromatic heterocycles. The Hall–Kier alpha value is -2.36. The second-order valence-electron chi connectivity index (χ2n) is 6.61. The zero-order valence-electron chi connectivity index (χ0n) is 13.5. The number of hydrogen-bond donors (Lipinski definition) is 0. The van der Waals surface area contributed by atoms with Crippen LogP contribution in [-0.2, 0) is 11.2 Å². The van der Waals surface area contributed by atoms with Gasteiger partial charge in [-0.2, -0.15) is 0 Å². The summed E-state index contributed by atoms with van der Waals surface area (Å²) in [7, 11) is 0. The Morgan fingerprint density at radius 2 is 1.88 bits per heavy atom. The maximum Gasteiger partial charge on any atom is 0.223 e. The largest absolute Gasteiger partial charge is 0.484 e. The van der Waals surface area contributed by atoms with Crippen LogP contribution in [0.15, 0.2) is 48.5 Å². The molecule has 0 spiro atoms. The van der Waals surface area contributed by atoms with E-state index in [1.165, 1.54) is 17.2 Å². The number of hydrogen-bond acceptors (Lipinski definition) is 2. The average molecular weight is 325 g/mol. The molecule has 2 aromatic rings. The molecule has 1 amide bonds. The van der Waals surface area contributed by atoms with E-state index < -0.39 is 0 Å². The molecule has 2 aliphatic rings. The van der Waals surface area contributed by atoms with Crippen LogP contribution in [0, 0.1) is 5.82 Å². The fraction of sp³-hybridized carbons (Fsp3) is 0.350. The Kier molecular flexibility index (Phi) is 3.97. The van der Waals surface area contributed by atoms with Gasteiger partial charge in [0.1, 0.15) is 6.10 Å². The van der Waals surface area contributed by atoms with Crippen LogP contribution < -0.4 is 4.74 Å². The van der Waals surface area contributed by atoms with Crippen LogP contribution in [-0.4, -0.2) is 30.0 Å². The topological polar surface area (TPSA) is 29.5 Å². The molecule has 1 saturated heterocycles. The number of aryl methyl sites for hydroxylation is 1. The van der Waals surface area contributed by atoms with Crippen LogP contribution in [0.4, 0.5) is 4.39 Å². The lowest BCUT2D eigenvalue weighted by atomic mass is 9.96. The molecule has 1 aliphatic carbocycles. The molecule has 3 nitrogen and oxygen atoms in total. The first-order valence-corrected chi connectivity index (χ1v) is 8.47. The van der Waals surface area contributed by atoms with Gasteiger partial charge < -0.3 is 9.64 Å². The van der Waals surface area contributed by atoms with Gasteiger partial charge in [-0.3, -0.25) is 4.79 Å². The van der Waals surface area contributed by atoms with Gasteiger partial charge in [-0.05, 0) is 42.0 Å². The zero-order chi connectivity index (χ0) is 16.5. The smallest absolute Gasteiger partial charge is 0.223 e. The van der Waals surface area contributed by atoms with E-state index in [1.54, 1.807) is 18.2 Å². The Bertz CT molecular complexity index is 755. The molecule has 4 heteroatoms. The number of likely N-dealkylation sites (tertiary alicyclic amines) is 1. The number of para-hydroxylation sites is 1. The fourth-order valence-corrected chi connectivity index (χ4v) is 3.63. The quantitative estimate of drug-likeness (QED) is 0.860. The highest BCUT2D eigenvalue weighted by Crippen LogP contribution is 2.36. The average Bonchev–Trinajstić information content (AvgIpc) is 2.95. The maximum absolute atomic E-state index is 13.6. The lowest BCUT2D eigenvalue weighted by Gasteiger charge is -2.39. The van der Waals surface area contributed by atoms with Gasteiger partial charge in [-0.1, -0.05) is 36.4 Å². The zero-order valence-corrected chi connectivity index (χ0v) is 13.5. The van der Waals surface area contributed by atoms with Crippen LogP contribution in [0.2, 0.25) is 0 Å². The van der Waals surface area contributed by atoms with Gasteiger partial charge in [0.05, 0.1) is 13.1 Å². The summed E-state index contributed by atoms with van der Waals surface area (Å²) < 4.78 is 19.2. The highest BCUT2D eigenvalue weighted by atomic mass is 19.1. The van der Waals surface area contributed by atoms with E-state index in [0.717, 1.165) is 12.8 Å². The van der Waals surface area contributed by atoms with Crippen molar-refractivity contribution in [1.29, 1.82) is 0 Å². The fourth-order valence-electron chi connectivity index (χ4n) is 3.63. The molecule has 2 aromatic carbocycles. The van der Waals surface area contributed by atoms with Crippen molar-refractivity contribution in [3.63, 3.8) is 0 Å². The summed E-state index contributed by atoms with van der Waals surface area (Å²) in [5.41, 5.74) is 2.70. The van der Waals surface area contributed by atoms with E-state index in [-0.39, 0.29) is 23.6 Å². The van der Waals surface area contributed by atoms with Crippen molar-refractivity contribution in [2.24, 2.45) is 0 Å². The van der Waals surface area contributed by atoms with E-state index in [1.807, 2.05) is 11.0 Å². The van der Waals surface area contributed by atoms with Crippen molar-refractivity contribution in [1.82, 2.24) is 4.90 Å². The first-order valence-electron chi connectivity index (χ1n) is 8.47. The van der Waals surface area contributed by atoms with Crippen molar-refractivity contribution in [2.75, 3.05) is 13.1 Å². The number of nitrogens with zero attached hydrogens (tertiary/aromatic N) is 1. The van der Waals surface area contributed by atoms with Gasteiger partial charge in [0.15, 0.2) is 11.6 Å². The molecule has 0 N–H and O–H groups in total. The van der Waals surface area contributed by atoms with Gasteiger partial charge in [0.25, 0.3) is 0 Å². The van der Waals surface area contributed by atoms with Crippen LogP contribution in [0.25, 0.3) is 0 Å². The molecule has 0 unspecified atom stereocenters. The first kappa shape index (κ1) is 15.2. The minimum Gasteiger partial charge on any atom is -0.484 e. The minimum absolute atomic E-state index is 0.110. The van der Waals surface area contributed by atoms with Crippen molar-refractivity contribution in [2.45, 2.75) is 31.3 Å². The minimum atomic E-state index is -0.357. The van der Waals surface area contributed by atoms with E-state index in [4.69, 9.17) is 4.74 Å². The summed E-state index contributed by atoms with van der Waals surface area (Å²) in [5.74, 6) is 0.412. The Morgan fingerprint density at radius 1 is 1.12 bits per heavy atom. The predicted molar refractivity (Wildman–Crippen MR) is 89.5 cm³/mol. The molecule has 0 saturated carbocycles. The third-order valence-electron chi connectivity index (χ3n) is 5.01. The molecule has 1 heterocycles. The lowest BCUT2D eigenvalue weighted by molar-refractivity contribution is -0.140. The van der Waals surface area contributed by atoms with Crippen molar-refractivity contribution >= 4 is 5.91 Å². The van der Waals surface area contributed by atoms with Crippen molar-refractivity contribution in [3.05, 3.63) is 65.5 Å². The highest BCUT2D eigenvalue weighted by Gasteiger charge is 2.34. The molecule has 0 radical (unpaired) electrons. The molecular weight excluding hydrogens is 305 g/mol. The summed E-state index contributed by atoms with van der Waals surface area (Å²) in [5, 5.41) is 0. The number of rotatable bonds is 4. The van der Waals surface area contributed by atoms with Crippen LogP contribution in [0.5, 0.6) is 5.75 Å². The van der Waals surface area contributed by atoms with E-state index in [9.17, 15) is 9.18 Å². The van der Waals surface area contributed by atoms with Gasteiger partial charge in [0.2, 0.25) is 5.91 Å². The van der Waals surface area contributed by atoms with E-state index in [2.05, 4.69) is 18.2 Å². The summed E-state index contributed by atoms with van der Waals surface area (Å²) in [6.07, 6.45) is 2.56. The number of carbonyl (C=O) groups is 1. The standard InChI is InChI=1S/C20H20FNO2/c21-18-7-3-4-8-19(18)24-16-12-22(13-16)20(23)11-15-10-9-14-5-1-2-6-17(14)15/h1-8,15-16H,9-13H2/t15-/m1/s1. The summed E-state index contributed by atoms with van der Waals surface area (Å²) in [4.78, 5) is 14.3. The van der Waals surface area contributed by atoms with Crippen LogP contribution in [0.3, 0.4) is 0 Å². The van der Waals surface area contributed by atoms with Crippen LogP contribution in [0.1, 0.15) is 29.9 Å². The molecule has 124 valence electrons. The maximum atomic E-state index is 13.6. The summed E-state index contributed by atoms with van der Waals surface area (Å²) in [6, 6.07) is 14.8. The lowest BCUT2D eigenvalue weighted by Crippen LogP contribution is -2.56. The number of ether oxygens (including phenoxy) is 1. The third-order valence-corrected chi connectivity index (χ3v) is 5.01. The SMILES string of the molecule is O=C(C[C@H]1CCc2ccccc21)N1CC(Oc2ccccc2F)C1. The number of carbonyl (C=O) groups excluding carboxylic acids is 1. The van der Waals surface area contributed by atoms with E-state index in [0.29, 0.717) is 25.4 Å². The molecule has 1 aliphatic heterocycles. The van der Waals surface area contributed by atoms with Crippen LogP contribution >= 0.6 is 0 Å². The first-order chi connectivity index (χ1) is 11.7. The Labute approximate surface area is 141 Å². The normalized spacial score (nSPS) is 19.7. The van der Waals surface area contributed by atoms with Gasteiger partial charge >= 0.3 is 0 Å². The molecule has 1 fully saturated rings. The molecule has 1 atom stereocenters.